The average molecular weight is 403 g/mol. The molecule has 1 aromatic carbocycles. The molecule has 1 aliphatic rings. The second-order valence-electron chi connectivity index (χ2n) is 7.10. The van der Waals surface area contributed by atoms with Crippen LogP contribution in [0.3, 0.4) is 0 Å². The van der Waals surface area contributed by atoms with Crippen LogP contribution in [0.25, 0.3) is 0 Å². The Morgan fingerprint density at radius 3 is 2.56 bits per heavy atom. The summed E-state index contributed by atoms with van der Waals surface area (Å²) in [5.41, 5.74) is 0. The summed E-state index contributed by atoms with van der Waals surface area (Å²) in [5.74, 6) is -1.88. The van der Waals surface area contributed by atoms with Gasteiger partial charge in [0.05, 0.1) is 4.90 Å². The molecule has 0 saturated carbocycles. The van der Waals surface area contributed by atoms with Crippen molar-refractivity contribution in [2.24, 2.45) is 5.92 Å². The number of carbonyl (C=O) groups is 1. The van der Waals surface area contributed by atoms with Crippen LogP contribution in [0.2, 0.25) is 0 Å². The number of carbonyl (C=O) groups excluding carboxylic acids is 1. The fraction of sp³-hybridized carbons (Fsp3) is 0.611. The fourth-order valence-electron chi connectivity index (χ4n) is 2.97. The van der Waals surface area contributed by atoms with Crippen LogP contribution < -0.4 is 10.0 Å². The molecule has 9 heteroatoms. The van der Waals surface area contributed by atoms with E-state index >= 15 is 0 Å². The predicted octanol–water partition coefficient (Wildman–Crippen LogP) is 1.87. The molecule has 0 radical (unpaired) electrons. The highest BCUT2D eigenvalue weighted by Crippen LogP contribution is 2.17. The highest BCUT2D eigenvalue weighted by atomic mass is 32.2. The van der Waals surface area contributed by atoms with Gasteiger partial charge in [0.2, 0.25) is 15.9 Å². The number of nitrogens with zero attached hydrogens (tertiary/aromatic N) is 1. The Balaban J connectivity index is 1.72. The van der Waals surface area contributed by atoms with Gasteiger partial charge in [0.25, 0.3) is 0 Å². The summed E-state index contributed by atoms with van der Waals surface area (Å²) in [5, 5.41) is 2.81. The van der Waals surface area contributed by atoms with Gasteiger partial charge in [-0.1, -0.05) is 6.92 Å². The van der Waals surface area contributed by atoms with E-state index < -0.39 is 21.7 Å². The smallest absolute Gasteiger partial charge is 0.240 e. The van der Waals surface area contributed by atoms with Crippen molar-refractivity contribution >= 4 is 15.9 Å². The molecule has 0 aliphatic carbocycles. The van der Waals surface area contributed by atoms with Crippen LogP contribution >= 0.6 is 0 Å². The molecular formula is C18H27F2N3O3S. The van der Waals surface area contributed by atoms with Crippen molar-refractivity contribution in [2.45, 2.75) is 44.0 Å². The Morgan fingerprint density at radius 2 is 1.93 bits per heavy atom. The van der Waals surface area contributed by atoms with Gasteiger partial charge in [-0.25, -0.2) is 21.9 Å². The molecule has 0 bridgehead atoms. The first kappa shape index (κ1) is 21.7. The van der Waals surface area contributed by atoms with Gasteiger partial charge in [0, 0.05) is 25.6 Å². The Labute approximate surface area is 159 Å². The molecule has 1 atom stereocenters. The number of halogens is 2. The summed E-state index contributed by atoms with van der Waals surface area (Å²) in [6.07, 6.45) is 2.28. The average Bonchev–Trinajstić information content (AvgIpc) is 2.62. The molecule has 6 nitrogen and oxygen atoms in total. The number of likely N-dealkylation sites (tertiary alicyclic amines) is 1. The molecule has 1 aliphatic heterocycles. The first-order valence-electron chi connectivity index (χ1n) is 9.14. The quantitative estimate of drug-likeness (QED) is 0.695. The number of hydrogen-bond donors (Lipinski definition) is 2. The van der Waals surface area contributed by atoms with Crippen LogP contribution in [-0.2, 0) is 14.8 Å². The molecule has 1 amide bonds. The van der Waals surface area contributed by atoms with E-state index in [9.17, 15) is 22.0 Å². The van der Waals surface area contributed by atoms with Crippen molar-refractivity contribution in [3.05, 3.63) is 29.8 Å². The van der Waals surface area contributed by atoms with Crippen LogP contribution in [-0.4, -0.2) is 51.4 Å². The van der Waals surface area contributed by atoms with E-state index in [1.165, 1.54) is 0 Å². The van der Waals surface area contributed by atoms with Gasteiger partial charge in [-0.15, -0.1) is 0 Å². The van der Waals surface area contributed by atoms with Crippen LogP contribution in [0.4, 0.5) is 8.78 Å². The molecule has 152 valence electrons. The molecule has 1 unspecified atom stereocenters. The van der Waals surface area contributed by atoms with Gasteiger partial charge >= 0.3 is 0 Å². The Bertz CT molecular complexity index is 750. The standard InChI is InChI=1S/C18H27F2N3O3S/c1-13-6-9-23(10-7-13)14(2)12-21-18(24)5-8-22-27(25,26)15-3-4-16(19)17(20)11-15/h3-4,11,13-14,22H,5-10,12H2,1-2H3,(H,21,24). The van der Waals surface area contributed by atoms with Crippen LogP contribution in [0.1, 0.15) is 33.1 Å². The fourth-order valence-corrected chi connectivity index (χ4v) is 4.02. The number of benzene rings is 1. The third kappa shape index (κ3) is 6.51. The molecule has 27 heavy (non-hydrogen) atoms. The zero-order valence-corrected chi connectivity index (χ0v) is 16.5. The lowest BCUT2D eigenvalue weighted by molar-refractivity contribution is -0.121. The van der Waals surface area contributed by atoms with E-state index in [0.717, 1.165) is 44.0 Å². The van der Waals surface area contributed by atoms with Crippen LogP contribution in [0, 0.1) is 17.6 Å². The van der Waals surface area contributed by atoms with Crippen molar-refractivity contribution < 1.29 is 22.0 Å². The molecule has 1 fully saturated rings. The van der Waals surface area contributed by atoms with E-state index in [4.69, 9.17) is 0 Å². The summed E-state index contributed by atoms with van der Waals surface area (Å²) < 4.78 is 52.4. The molecule has 0 spiro atoms. The van der Waals surface area contributed by atoms with Crippen molar-refractivity contribution in [3.63, 3.8) is 0 Å². The van der Waals surface area contributed by atoms with E-state index in [-0.39, 0.29) is 29.8 Å². The normalized spacial score (nSPS) is 17.6. The first-order chi connectivity index (χ1) is 12.7. The summed E-state index contributed by atoms with van der Waals surface area (Å²) in [6.45, 7) is 6.72. The van der Waals surface area contributed by atoms with Crippen molar-refractivity contribution in [1.29, 1.82) is 0 Å². The number of piperidine rings is 1. The largest absolute Gasteiger partial charge is 0.355 e. The lowest BCUT2D eigenvalue weighted by Crippen LogP contribution is -2.45. The minimum Gasteiger partial charge on any atom is -0.355 e. The first-order valence-corrected chi connectivity index (χ1v) is 10.6. The number of hydrogen-bond acceptors (Lipinski definition) is 4. The van der Waals surface area contributed by atoms with Crippen molar-refractivity contribution in [2.75, 3.05) is 26.2 Å². The zero-order valence-electron chi connectivity index (χ0n) is 15.7. The van der Waals surface area contributed by atoms with E-state index in [0.29, 0.717) is 12.6 Å². The van der Waals surface area contributed by atoms with Gasteiger partial charge < -0.3 is 5.32 Å². The highest BCUT2D eigenvalue weighted by Gasteiger charge is 2.21. The highest BCUT2D eigenvalue weighted by molar-refractivity contribution is 7.89. The minimum atomic E-state index is -3.99. The number of amides is 1. The zero-order chi connectivity index (χ0) is 20.0. The number of nitrogens with one attached hydrogen (secondary N) is 2. The topological polar surface area (TPSA) is 78.5 Å². The summed E-state index contributed by atoms with van der Waals surface area (Å²) in [6, 6.07) is 2.56. The monoisotopic (exact) mass is 403 g/mol. The van der Waals surface area contributed by atoms with E-state index in [2.05, 4.69) is 28.8 Å². The summed E-state index contributed by atoms with van der Waals surface area (Å²) in [7, 11) is -3.99. The SMILES string of the molecule is CC1CCN(C(C)CNC(=O)CCNS(=O)(=O)c2ccc(F)c(F)c2)CC1. The Morgan fingerprint density at radius 1 is 1.26 bits per heavy atom. The molecule has 2 N–H and O–H groups in total. The second kappa shape index (κ2) is 9.57. The number of rotatable bonds is 8. The third-order valence-electron chi connectivity index (χ3n) is 4.88. The van der Waals surface area contributed by atoms with Crippen LogP contribution in [0.5, 0.6) is 0 Å². The van der Waals surface area contributed by atoms with Gasteiger partial charge in [-0.3, -0.25) is 9.69 Å². The summed E-state index contributed by atoms with van der Waals surface area (Å²) >= 11 is 0. The molecule has 2 rings (SSSR count). The third-order valence-corrected chi connectivity index (χ3v) is 6.34. The maximum Gasteiger partial charge on any atom is 0.240 e. The van der Waals surface area contributed by atoms with E-state index in [1.807, 2.05) is 0 Å². The second-order valence-corrected chi connectivity index (χ2v) is 8.86. The van der Waals surface area contributed by atoms with Gasteiger partial charge in [0.1, 0.15) is 0 Å². The number of sulfonamides is 1. The maximum atomic E-state index is 13.2. The van der Waals surface area contributed by atoms with Crippen molar-refractivity contribution in [3.8, 4) is 0 Å². The Kier molecular flexibility index (Phi) is 7.69. The van der Waals surface area contributed by atoms with Gasteiger partial charge in [0.15, 0.2) is 11.6 Å². The minimum absolute atomic E-state index is 0.0351. The molecule has 1 aromatic rings. The van der Waals surface area contributed by atoms with Gasteiger partial charge in [-0.2, -0.15) is 0 Å². The lowest BCUT2D eigenvalue weighted by Gasteiger charge is -2.35. The van der Waals surface area contributed by atoms with E-state index in [1.54, 1.807) is 0 Å². The summed E-state index contributed by atoms with van der Waals surface area (Å²) in [4.78, 5) is 13.9. The lowest BCUT2D eigenvalue weighted by atomic mass is 9.98. The molecule has 1 heterocycles. The predicted molar refractivity (Wildman–Crippen MR) is 98.6 cm³/mol. The van der Waals surface area contributed by atoms with Gasteiger partial charge in [-0.05, 0) is 57.0 Å². The van der Waals surface area contributed by atoms with Crippen LogP contribution in [0.15, 0.2) is 23.1 Å². The van der Waals surface area contributed by atoms with Crippen molar-refractivity contribution in [1.82, 2.24) is 14.9 Å². The molecule has 0 aromatic heterocycles. The molecular weight excluding hydrogens is 376 g/mol. The maximum absolute atomic E-state index is 13.2. The Hall–Kier alpha value is -1.58. The molecule has 1 saturated heterocycles.